The molecule has 0 amide bonds. The summed E-state index contributed by atoms with van der Waals surface area (Å²) in [6.45, 7) is 5.58. The molecule has 0 saturated carbocycles. The second-order valence-electron chi connectivity index (χ2n) is 6.44. The van der Waals surface area contributed by atoms with Gasteiger partial charge in [0.1, 0.15) is 16.4 Å². The molecule has 0 bridgehead atoms. The van der Waals surface area contributed by atoms with Gasteiger partial charge in [-0.1, -0.05) is 49.0 Å². The number of oxazole rings is 1. The minimum atomic E-state index is -0.429. The van der Waals surface area contributed by atoms with Crippen molar-refractivity contribution in [2.75, 3.05) is 0 Å². The number of hydrogen-bond donors (Lipinski definition) is 2. The molecule has 0 unspecified atom stereocenters. The lowest BCUT2D eigenvalue weighted by Crippen LogP contribution is -2.46. The maximum Gasteiger partial charge on any atom is 0.272 e. The monoisotopic (exact) mass is 371 g/mol. The summed E-state index contributed by atoms with van der Waals surface area (Å²) >= 11 is 0. The van der Waals surface area contributed by atoms with Crippen LogP contribution in [0, 0.1) is 0 Å². The summed E-state index contributed by atoms with van der Waals surface area (Å²) in [5.41, 5.74) is 1.11. The normalized spacial score (nSPS) is 12.6. The number of aromatic nitrogens is 3. The summed E-state index contributed by atoms with van der Waals surface area (Å²) in [4.78, 5) is 34.4. The molecule has 4 rings (SSSR count). The van der Waals surface area contributed by atoms with E-state index in [4.69, 9.17) is 4.42 Å². The third-order valence-corrected chi connectivity index (χ3v) is 4.37. The van der Waals surface area contributed by atoms with Crippen LogP contribution in [0.2, 0.25) is 0 Å². The summed E-state index contributed by atoms with van der Waals surface area (Å²) < 4.78 is 5.26. The van der Waals surface area contributed by atoms with Crippen LogP contribution in [-0.4, -0.2) is 15.0 Å². The van der Waals surface area contributed by atoms with E-state index in [9.17, 15) is 9.59 Å². The minimum Gasteiger partial charge on any atom is -0.443 e. The van der Waals surface area contributed by atoms with Gasteiger partial charge in [-0.3, -0.25) is 9.59 Å². The molecule has 6 nitrogen and oxygen atoms in total. The highest BCUT2D eigenvalue weighted by molar-refractivity contribution is 5.90. The van der Waals surface area contributed by atoms with Gasteiger partial charge in [-0.25, -0.2) is 4.98 Å². The van der Waals surface area contributed by atoms with Gasteiger partial charge in [0.2, 0.25) is 0 Å². The molecule has 138 valence electrons. The zero-order valence-corrected chi connectivity index (χ0v) is 15.2. The van der Waals surface area contributed by atoms with Crippen molar-refractivity contribution in [1.29, 1.82) is 0 Å². The topological polar surface area (TPSA) is 91.8 Å². The molecule has 0 aliphatic heterocycles. The van der Waals surface area contributed by atoms with E-state index in [-0.39, 0.29) is 10.7 Å². The Labute approximate surface area is 159 Å². The van der Waals surface area contributed by atoms with E-state index in [1.807, 2.05) is 42.5 Å². The second kappa shape index (κ2) is 7.00. The van der Waals surface area contributed by atoms with Crippen molar-refractivity contribution < 1.29 is 4.42 Å². The standard InChI is InChI=1S/C22H17N3O3/c1-13(2)20-17(23-12-28-20)11-19-22(27)24-18(21(26)25-19)10-15-8-5-7-14-6-3-4-9-16(14)15/h3-12H,1H2,2H3,(H,24,27)(H,25,26)/b18-10-,19-11-. The number of rotatable bonds is 3. The van der Waals surface area contributed by atoms with Crippen molar-refractivity contribution in [2.24, 2.45) is 0 Å². The quantitative estimate of drug-likeness (QED) is 0.575. The Morgan fingerprint density at radius 2 is 1.68 bits per heavy atom. The van der Waals surface area contributed by atoms with Gasteiger partial charge in [0.05, 0.1) is 0 Å². The largest absolute Gasteiger partial charge is 0.443 e. The lowest BCUT2D eigenvalue weighted by molar-refractivity contribution is 0.544. The lowest BCUT2D eigenvalue weighted by Gasteiger charge is -2.01. The summed E-state index contributed by atoms with van der Waals surface area (Å²) in [5, 5.41) is 2.32. The Bertz CT molecular complexity index is 1430. The zero-order chi connectivity index (χ0) is 19.7. The number of benzene rings is 2. The highest BCUT2D eigenvalue weighted by Crippen LogP contribution is 2.18. The number of H-pyrrole nitrogens is 2. The predicted octanol–water partition coefficient (Wildman–Crippen LogP) is 1.90. The van der Waals surface area contributed by atoms with E-state index < -0.39 is 11.1 Å². The fourth-order valence-corrected chi connectivity index (χ4v) is 3.04. The summed E-state index contributed by atoms with van der Waals surface area (Å²) in [6, 6.07) is 13.7. The average molecular weight is 371 g/mol. The van der Waals surface area contributed by atoms with Crippen LogP contribution in [0.15, 0.2) is 69.4 Å². The maximum absolute atomic E-state index is 12.5. The van der Waals surface area contributed by atoms with E-state index in [1.165, 1.54) is 12.5 Å². The molecule has 2 N–H and O–H groups in total. The number of fused-ring (bicyclic) bond motifs is 1. The zero-order valence-electron chi connectivity index (χ0n) is 15.2. The number of aromatic amines is 2. The third kappa shape index (κ3) is 3.23. The molecule has 4 aromatic rings. The Morgan fingerprint density at radius 3 is 2.43 bits per heavy atom. The van der Waals surface area contributed by atoms with Crippen LogP contribution in [0.25, 0.3) is 28.5 Å². The van der Waals surface area contributed by atoms with Crippen LogP contribution < -0.4 is 21.8 Å². The van der Waals surface area contributed by atoms with Crippen molar-refractivity contribution in [3.8, 4) is 0 Å². The SMILES string of the molecule is C=C(C)c1ocnc1/C=c1\[nH]c(=O)/c(=C/c2cccc3ccccc23)[nH]c1=O. The fourth-order valence-electron chi connectivity index (χ4n) is 3.04. The van der Waals surface area contributed by atoms with Gasteiger partial charge in [-0.2, -0.15) is 0 Å². The van der Waals surface area contributed by atoms with E-state index in [0.717, 1.165) is 16.3 Å². The van der Waals surface area contributed by atoms with Crippen LogP contribution in [-0.2, 0) is 0 Å². The molecule has 2 heterocycles. The Kier molecular flexibility index (Phi) is 4.37. The second-order valence-corrected chi connectivity index (χ2v) is 6.44. The van der Waals surface area contributed by atoms with Crippen LogP contribution in [0.5, 0.6) is 0 Å². The summed E-state index contributed by atoms with van der Waals surface area (Å²) in [6.07, 6.45) is 4.40. The molecule has 0 radical (unpaired) electrons. The Hall–Kier alpha value is -3.93. The molecule has 6 heteroatoms. The summed E-state index contributed by atoms with van der Waals surface area (Å²) in [5.74, 6) is 0.464. The van der Waals surface area contributed by atoms with E-state index in [2.05, 4.69) is 21.5 Å². The van der Waals surface area contributed by atoms with Crippen molar-refractivity contribution >= 4 is 28.5 Å². The van der Waals surface area contributed by atoms with Crippen molar-refractivity contribution in [3.05, 3.63) is 104 Å². The van der Waals surface area contributed by atoms with E-state index in [1.54, 1.807) is 13.0 Å². The number of hydrogen-bond acceptors (Lipinski definition) is 4. The molecule has 0 atom stereocenters. The van der Waals surface area contributed by atoms with Crippen LogP contribution in [0.3, 0.4) is 0 Å². The molecule has 0 aliphatic carbocycles. The number of nitrogens with one attached hydrogen (secondary N) is 2. The average Bonchev–Trinajstić information content (AvgIpc) is 3.14. The van der Waals surface area contributed by atoms with E-state index >= 15 is 0 Å². The van der Waals surface area contributed by atoms with Crippen LogP contribution in [0.1, 0.15) is 23.9 Å². The molecule has 0 spiro atoms. The van der Waals surface area contributed by atoms with Gasteiger partial charge in [0.15, 0.2) is 12.2 Å². The minimum absolute atomic E-state index is 0.0940. The van der Waals surface area contributed by atoms with Gasteiger partial charge < -0.3 is 14.4 Å². The Balaban J connectivity index is 1.89. The predicted molar refractivity (Wildman–Crippen MR) is 109 cm³/mol. The first-order valence-corrected chi connectivity index (χ1v) is 8.66. The lowest BCUT2D eigenvalue weighted by atomic mass is 10.0. The first kappa shape index (κ1) is 17.5. The van der Waals surface area contributed by atoms with Crippen molar-refractivity contribution in [3.63, 3.8) is 0 Å². The molecular formula is C22H17N3O3. The van der Waals surface area contributed by atoms with Gasteiger partial charge in [-0.05, 0) is 41.0 Å². The van der Waals surface area contributed by atoms with Gasteiger partial charge in [0, 0.05) is 0 Å². The highest BCUT2D eigenvalue weighted by Gasteiger charge is 2.07. The smallest absolute Gasteiger partial charge is 0.272 e. The van der Waals surface area contributed by atoms with Gasteiger partial charge in [-0.15, -0.1) is 0 Å². The highest BCUT2D eigenvalue weighted by atomic mass is 16.3. The first-order chi connectivity index (χ1) is 13.5. The molecule has 28 heavy (non-hydrogen) atoms. The summed E-state index contributed by atoms with van der Waals surface area (Å²) in [7, 11) is 0. The first-order valence-electron chi connectivity index (χ1n) is 8.66. The molecule has 0 saturated heterocycles. The Morgan fingerprint density at radius 1 is 1.00 bits per heavy atom. The van der Waals surface area contributed by atoms with Crippen molar-refractivity contribution in [1.82, 2.24) is 15.0 Å². The third-order valence-electron chi connectivity index (χ3n) is 4.37. The molecule has 2 aromatic carbocycles. The van der Waals surface area contributed by atoms with Gasteiger partial charge >= 0.3 is 0 Å². The number of nitrogens with zero attached hydrogens (tertiary/aromatic N) is 1. The van der Waals surface area contributed by atoms with Crippen molar-refractivity contribution in [2.45, 2.75) is 6.92 Å². The van der Waals surface area contributed by atoms with Crippen LogP contribution in [0.4, 0.5) is 0 Å². The number of allylic oxidation sites excluding steroid dienone is 1. The maximum atomic E-state index is 12.5. The molecule has 0 aliphatic rings. The van der Waals surface area contributed by atoms with Gasteiger partial charge in [0.25, 0.3) is 11.1 Å². The van der Waals surface area contributed by atoms with Crippen LogP contribution >= 0.6 is 0 Å². The molecule has 0 fully saturated rings. The van der Waals surface area contributed by atoms with E-state index in [0.29, 0.717) is 17.0 Å². The molecule has 2 aromatic heterocycles. The molecular weight excluding hydrogens is 354 g/mol. The fraction of sp³-hybridized carbons (Fsp3) is 0.0455.